The van der Waals surface area contributed by atoms with Crippen molar-refractivity contribution in [2.75, 3.05) is 57.5 Å². The molecular formula is C30H40FN7O2. The molecule has 1 aromatic heterocycles. The number of carbonyl (C=O) groups excluding carboxylic acids is 2. The van der Waals surface area contributed by atoms with E-state index in [-0.39, 0.29) is 17.6 Å². The van der Waals surface area contributed by atoms with E-state index < -0.39 is 6.04 Å². The third-order valence-corrected chi connectivity index (χ3v) is 6.56. The molecule has 0 spiro atoms. The molecule has 1 aromatic carbocycles. The van der Waals surface area contributed by atoms with Crippen LogP contribution in [0.2, 0.25) is 0 Å². The lowest BCUT2D eigenvalue weighted by atomic mass is 10.1. The lowest BCUT2D eigenvalue weighted by molar-refractivity contribution is -0.135. The van der Waals surface area contributed by atoms with Crippen LogP contribution >= 0.6 is 0 Å². The van der Waals surface area contributed by atoms with E-state index in [1.165, 1.54) is 29.5 Å². The lowest BCUT2D eigenvalue weighted by Crippen LogP contribution is -2.45. The van der Waals surface area contributed by atoms with Crippen LogP contribution in [0.25, 0.3) is 0 Å². The summed E-state index contributed by atoms with van der Waals surface area (Å²) in [7, 11) is 5.47. The van der Waals surface area contributed by atoms with Gasteiger partial charge in [-0.25, -0.2) is 9.37 Å². The summed E-state index contributed by atoms with van der Waals surface area (Å²) in [5.41, 5.74) is 1.46. The Morgan fingerprint density at radius 1 is 1.15 bits per heavy atom. The first-order chi connectivity index (χ1) is 19.2. The van der Waals surface area contributed by atoms with E-state index in [4.69, 9.17) is 4.98 Å². The molecule has 3 rings (SSSR count). The molecule has 2 N–H and O–H groups in total. The van der Waals surface area contributed by atoms with Gasteiger partial charge in [0.25, 0.3) is 0 Å². The number of hydrogen-bond acceptors (Lipinski definition) is 7. The van der Waals surface area contributed by atoms with Crippen LogP contribution in [0.5, 0.6) is 0 Å². The van der Waals surface area contributed by atoms with E-state index in [2.05, 4.69) is 32.4 Å². The Hall–Kier alpha value is -3.97. The van der Waals surface area contributed by atoms with Gasteiger partial charge in [-0.2, -0.15) is 4.98 Å². The topological polar surface area (TPSA) is 93.7 Å². The fraction of sp³-hybridized carbons (Fsp3) is 0.467. The minimum absolute atomic E-state index is 0.199. The normalized spacial score (nSPS) is 14.0. The Bertz CT molecular complexity index is 1210. The van der Waals surface area contributed by atoms with Gasteiger partial charge in [-0.1, -0.05) is 17.9 Å². The molecule has 2 aromatic rings. The molecule has 1 aliphatic rings. The van der Waals surface area contributed by atoms with E-state index >= 15 is 0 Å². The first-order valence-corrected chi connectivity index (χ1v) is 13.7. The number of likely N-dealkylation sites (N-methyl/N-ethyl adjacent to an activating group) is 2. The van der Waals surface area contributed by atoms with Gasteiger partial charge >= 0.3 is 0 Å². The highest BCUT2D eigenvalue weighted by Crippen LogP contribution is 2.24. The molecule has 0 unspecified atom stereocenters. The number of carbonyl (C=O) groups is 2. The minimum atomic E-state index is -0.575. The third-order valence-electron chi connectivity index (χ3n) is 6.56. The monoisotopic (exact) mass is 549 g/mol. The van der Waals surface area contributed by atoms with Gasteiger partial charge in [0.05, 0.1) is 11.8 Å². The molecule has 0 aliphatic carbocycles. The zero-order valence-corrected chi connectivity index (χ0v) is 23.9. The Kier molecular flexibility index (Phi) is 11.9. The van der Waals surface area contributed by atoms with Crippen molar-refractivity contribution in [1.82, 2.24) is 25.1 Å². The molecular weight excluding hydrogens is 509 g/mol. The van der Waals surface area contributed by atoms with E-state index in [0.717, 1.165) is 37.3 Å². The maximum absolute atomic E-state index is 13.3. The summed E-state index contributed by atoms with van der Waals surface area (Å²) in [4.78, 5) is 39.6. The van der Waals surface area contributed by atoms with Gasteiger partial charge in [-0.05, 0) is 71.0 Å². The fourth-order valence-electron chi connectivity index (χ4n) is 4.07. The molecule has 10 heteroatoms. The molecule has 0 saturated carbocycles. The van der Waals surface area contributed by atoms with Crippen LogP contribution in [0.15, 0.2) is 42.6 Å². The van der Waals surface area contributed by atoms with Gasteiger partial charge in [-0.3, -0.25) is 9.59 Å². The van der Waals surface area contributed by atoms with Crippen LogP contribution in [0.3, 0.4) is 0 Å². The van der Waals surface area contributed by atoms with E-state index in [1.807, 2.05) is 19.0 Å². The van der Waals surface area contributed by atoms with Crippen LogP contribution < -0.4 is 15.5 Å². The number of benzene rings is 1. The highest BCUT2D eigenvalue weighted by Gasteiger charge is 2.20. The van der Waals surface area contributed by atoms with Crippen molar-refractivity contribution in [1.29, 1.82) is 0 Å². The summed E-state index contributed by atoms with van der Waals surface area (Å²) in [6.45, 7) is 4.66. The summed E-state index contributed by atoms with van der Waals surface area (Å²) in [5, 5.41) is 6.03. The average molecular weight is 550 g/mol. The maximum atomic E-state index is 13.3. The molecule has 1 saturated heterocycles. The predicted octanol–water partition coefficient (Wildman–Crippen LogP) is 3.56. The zero-order chi connectivity index (χ0) is 28.9. The smallest absolute Gasteiger partial charge is 0.246 e. The third kappa shape index (κ3) is 9.65. The molecule has 214 valence electrons. The summed E-state index contributed by atoms with van der Waals surface area (Å²) in [5.74, 6) is 6.92. The number of nitrogens with one attached hydrogen (secondary N) is 2. The molecule has 40 heavy (non-hydrogen) atoms. The van der Waals surface area contributed by atoms with E-state index in [1.54, 1.807) is 38.4 Å². The van der Waals surface area contributed by atoms with Crippen LogP contribution in [0.4, 0.5) is 21.8 Å². The van der Waals surface area contributed by atoms with Crippen molar-refractivity contribution in [3.63, 3.8) is 0 Å². The van der Waals surface area contributed by atoms with Crippen molar-refractivity contribution in [2.45, 2.75) is 45.1 Å². The summed E-state index contributed by atoms with van der Waals surface area (Å²) >= 11 is 0. The highest BCUT2D eigenvalue weighted by atomic mass is 19.1. The Morgan fingerprint density at radius 3 is 2.58 bits per heavy atom. The van der Waals surface area contributed by atoms with Gasteiger partial charge in [0, 0.05) is 51.4 Å². The number of halogens is 1. The fourth-order valence-corrected chi connectivity index (χ4v) is 4.07. The summed E-state index contributed by atoms with van der Waals surface area (Å²) in [6.07, 6.45) is 9.66. The van der Waals surface area contributed by atoms with Crippen molar-refractivity contribution >= 4 is 29.3 Å². The quantitative estimate of drug-likeness (QED) is 0.252. The molecule has 0 radical (unpaired) electrons. The number of aromatic nitrogens is 2. The Morgan fingerprint density at radius 2 is 1.88 bits per heavy atom. The second-order valence-corrected chi connectivity index (χ2v) is 10.1. The van der Waals surface area contributed by atoms with Gasteiger partial charge < -0.3 is 25.3 Å². The zero-order valence-electron chi connectivity index (χ0n) is 23.9. The second-order valence-electron chi connectivity index (χ2n) is 10.1. The van der Waals surface area contributed by atoms with Crippen LogP contribution in [0, 0.1) is 17.7 Å². The maximum Gasteiger partial charge on any atom is 0.246 e. The number of amides is 2. The summed E-state index contributed by atoms with van der Waals surface area (Å²) in [6, 6.07) is 5.49. The van der Waals surface area contributed by atoms with Crippen molar-refractivity contribution < 1.29 is 14.0 Å². The highest BCUT2D eigenvalue weighted by molar-refractivity contribution is 5.92. The average Bonchev–Trinajstić information content (AvgIpc) is 2.95. The lowest BCUT2D eigenvalue weighted by Gasteiger charge is -2.28. The molecule has 1 atom stereocenters. The Balaban J connectivity index is 1.54. The van der Waals surface area contributed by atoms with E-state index in [0.29, 0.717) is 37.6 Å². The van der Waals surface area contributed by atoms with Gasteiger partial charge in [0.1, 0.15) is 17.7 Å². The van der Waals surface area contributed by atoms with Gasteiger partial charge in [-0.15, -0.1) is 0 Å². The number of hydrogen-bond donors (Lipinski definition) is 2. The van der Waals surface area contributed by atoms with Crippen molar-refractivity contribution in [3.05, 3.63) is 54.0 Å². The second kappa shape index (κ2) is 15.6. The number of rotatable bonds is 11. The molecule has 2 amide bonds. The number of nitrogens with zero attached hydrogens (tertiary/aromatic N) is 5. The summed E-state index contributed by atoms with van der Waals surface area (Å²) < 4.78 is 13.3. The molecule has 0 bridgehead atoms. The first kappa shape index (κ1) is 30.6. The number of unbranched alkanes of at least 4 members (excludes halogenated alkanes) is 1. The standard InChI is InChI=1S/C30H40FN7O2/c1-23(37(4)27(39)13-11-19-36(2)3)29(40)32-18-8-5-7-12-24-22-33-30(34-26-16-14-25(31)15-17-26)35-28(24)38-20-9-6-10-21-38/h11,13-17,22-23H,5-6,8-10,18-21H2,1-4H3,(H,32,40)(H,33,34,35)/t23-/m0/s1. The largest absolute Gasteiger partial charge is 0.355 e. The molecule has 2 heterocycles. The SMILES string of the molecule is C[C@@H](C(=O)NCCCC#Cc1cnc(Nc2ccc(F)cc2)nc1N1CCCCC1)N(C)C(=O)C=CCN(C)C. The van der Waals surface area contributed by atoms with Crippen LogP contribution in [-0.4, -0.2) is 84.9 Å². The number of anilines is 3. The van der Waals surface area contributed by atoms with Crippen molar-refractivity contribution in [3.8, 4) is 11.8 Å². The van der Waals surface area contributed by atoms with Gasteiger partial charge in [0.15, 0.2) is 0 Å². The minimum Gasteiger partial charge on any atom is -0.355 e. The molecule has 9 nitrogen and oxygen atoms in total. The Labute approximate surface area is 236 Å². The molecule has 1 aliphatic heterocycles. The van der Waals surface area contributed by atoms with Crippen LogP contribution in [-0.2, 0) is 9.59 Å². The van der Waals surface area contributed by atoms with Crippen molar-refractivity contribution in [2.24, 2.45) is 0 Å². The molecule has 1 fully saturated rings. The number of piperidine rings is 1. The first-order valence-electron chi connectivity index (χ1n) is 13.7. The van der Waals surface area contributed by atoms with E-state index in [9.17, 15) is 14.0 Å². The predicted molar refractivity (Wildman–Crippen MR) is 157 cm³/mol. The van der Waals surface area contributed by atoms with Gasteiger partial charge in [0.2, 0.25) is 17.8 Å². The van der Waals surface area contributed by atoms with Crippen LogP contribution in [0.1, 0.15) is 44.6 Å².